The largest absolute Gasteiger partial charge is 0.463 e. The number of halogens is 3. The number of aromatic amines is 3. The molecule has 6 atom stereocenters. The van der Waals surface area contributed by atoms with E-state index in [4.69, 9.17) is 66.4 Å². The Morgan fingerprint density at radius 1 is 0.538 bits per heavy atom. The number of H-pyrrole nitrogens is 3. The van der Waals surface area contributed by atoms with Crippen LogP contribution in [0.5, 0.6) is 0 Å². The van der Waals surface area contributed by atoms with E-state index in [0.29, 0.717) is 128 Å². The highest BCUT2D eigenvalue weighted by Crippen LogP contribution is 2.52. The zero-order valence-electron chi connectivity index (χ0n) is 58.4. The van der Waals surface area contributed by atoms with Gasteiger partial charge >= 0.3 is 6.03 Å². The number of urea groups is 1. The molecule has 9 fully saturated rings. The van der Waals surface area contributed by atoms with Crippen molar-refractivity contribution >= 4 is 74.0 Å². The van der Waals surface area contributed by atoms with Gasteiger partial charge in [0.2, 0.25) is 0 Å². The minimum Gasteiger partial charge on any atom is -0.463 e. The first kappa shape index (κ1) is 67.5. The fourth-order valence-electron chi connectivity index (χ4n) is 18.2. The van der Waals surface area contributed by atoms with Crippen LogP contribution in [0.4, 0.5) is 20.9 Å². The van der Waals surface area contributed by atoms with Crippen LogP contribution in [0, 0.1) is 59.1 Å². The maximum Gasteiger partial charge on any atom is 0.317 e. The van der Waals surface area contributed by atoms with Gasteiger partial charge in [0.15, 0.2) is 63.5 Å². The number of hydrogen-bond donors (Lipinski definition) is 4. The lowest BCUT2D eigenvalue weighted by Gasteiger charge is -2.47. The van der Waals surface area contributed by atoms with Gasteiger partial charge in [0.1, 0.15) is 28.5 Å². The third-order valence-electron chi connectivity index (χ3n) is 23.7. The highest BCUT2D eigenvalue weighted by atomic mass is 35.5. The second-order valence-electron chi connectivity index (χ2n) is 29.7. The summed E-state index contributed by atoms with van der Waals surface area (Å²) in [4.78, 5) is 60.8. The summed E-state index contributed by atoms with van der Waals surface area (Å²) in [5.41, 5.74) is 7.93. The minimum absolute atomic E-state index is 0.0842. The molecule has 2 unspecified atom stereocenters. The number of piperazine rings is 1. The molecule has 2 aliphatic heterocycles. The Kier molecular flexibility index (Phi) is 19.1. The van der Waals surface area contributed by atoms with E-state index in [1.807, 2.05) is 70.5 Å². The summed E-state index contributed by atoms with van der Waals surface area (Å²) >= 11 is 12.5. The molecule has 12 aromatic heterocycles. The predicted octanol–water partition coefficient (Wildman–Crippen LogP) is 16.3. The molecule has 7 aliphatic carbocycles. The minimum atomic E-state index is -0.297. The predicted molar refractivity (Wildman–Crippen MR) is 396 cm³/mol. The molecule has 0 radical (unpaired) electrons. The van der Waals surface area contributed by atoms with Gasteiger partial charge in [-0.05, 0) is 223 Å². The van der Waals surface area contributed by atoms with Gasteiger partial charge in [-0.3, -0.25) is 15.3 Å². The molecular formula is C78H84Cl2FN19O4. The molecule has 23 nitrogen and oxygen atoms in total. The lowest BCUT2D eigenvalue weighted by Crippen LogP contribution is -2.47. The van der Waals surface area contributed by atoms with Crippen LogP contribution < -0.4 is 15.1 Å². The molecule has 536 valence electrons. The van der Waals surface area contributed by atoms with Crippen molar-refractivity contribution in [2.24, 2.45) is 53.3 Å². The van der Waals surface area contributed by atoms with E-state index < -0.39 is 0 Å². The number of nitrogens with one attached hydrogen (secondary N) is 4. The number of fused-ring (bicyclic) bond motifs is 9. The highest BCUT2D eigenvalue weighted by molar-refractivity contribution is 6.31. The lowest BCUT2D eigenvalue weighted by molar-refractivity contribution is 0.0334. The maximum atomic E-state index is 16.3. The monoisotopic (exact) mass is 1440 g/mol. The molecule has 2 amide bonds. The van der Waals surface area contributed by atoms with Crippen LogP contribution in [0.25, 0.3) is 90.6 Å². The quantitative estimate of drug-likeness (QED) is 0.0787. The summed E-state index contributed by atoms with van der Waals surface area (Å²) in [5, 5.41) is 28.9. The normalized spacial score (nSPS) is 23.7. The number of amides is 2. The number of nitrogens with zero attached hydrogens (tertiary/aromatic N) is 15. The molecule has 0 spiro atoms. The van der Waals surface area contributed by atoms with Crippen LogP contribution in [-0.2, 0) is 19.3 Å². The van der Waals surface area contributed by atoms with Gasteiger partial charge in [-0.1, -0.05) is 43.5 Å². The van der Waals surface area contributed by atoms with Crippen molar-refractivity contribution in [2.45, 2.75) is 129 Å². The van der Waals surface area contributed by atoms with E-state index in [0.717, 1.165) is 152 Å². The van der Waals surface area contributed by atoms with E-state index in [9.17, 15) is 4.79 Å². The SMILES string of the molecule is CC1C2CCC(CC2)C1Cc1cc(-c2ccco2)nc(-c2[nH]nc3ncccc23)n1.C[C@H]1C2CCC(CC2)[C@@H]1Cc1nc(-c2[nH]nc3ncc(Cl)cc23)nc(N2CCN(c3ccco3)CC2)c1F.O=C(N[C@H]1CCC[C@@H](Cc2cc(-c3ccco3)nc(-c3[nH]nc4ncc(Cl)cc34)n2)C1)N1CCCC1. The van der Waals surface area contributed by atoms with Gasteiger partial charge in [-0.15, -0.1) is 0 Å². The highest BCUT2D eigenvalue weighted by Gasteiger charge is 2.43. The second-order valence-corrected chi connectivity index (χ2v) is 30.6. The molecule has 12 aromatic rings. The molecule has 7 saturated carbocycles. The topological polar surface area (TPSA) is 280 Å². The van der Waals surface area contributed by atoms with Crippen molar-refractivity contribution in [3.05, 3.63) is 143 Å². The number of rotatable bonds is 14. The van der Waals surface area contributed by atoms with Crippen LogP contribution in [0.1, 0.15) is 121 Å². The van der Waals surface area contributed by atoms with Crippen LogP contribution in [0.3, 0.4) is 0 Å². The third kappa shape index (κ3) is 14.0. The average molecular weight is 1440 g/mol. The number of carbonyl (C=O) groups excluding carboxylic acids is 1. The van der Waals surface area contributed by atoms with Gasteiger partial charge in [0, 0.05) is 86.7 Å². The number of pyridine rings is 3. The first-order valence-corrected chi connectivity index (χ1v) is 38.0. The molecular weight excluding hydrogens is 1360 g/mol. The van der Waals surface area contributed by atoms with Gasteiger partial charge < -0.3 is 33.3 Å². The van der Waals surface area contributed by atoms with Crippen molar-refractivity contribution in [3.8, 4) is 57.5 Å². The Labute approximate surface area is 610 Å². The third-order valence-corrected chi connectivity index (χ3v) is 24.1. The Morgan fingerprint density at radius 2 is 1.07 bits per heavy atom. The molecule has 26 heteroatoms. The van der Waals surface area contributed by atoms with E-state index in [1.54, 1.807) is 43.4 Å². The Balaban J connectivity index is 0.000000116. The van der Waals surface area contributed by atoms with Crippen molar-refractivity contribution < 1.29 is 22.4 Å². The summed E-state index contributed by atoms with van der Waals surface area (Å²) in [6.45, 7) is 9.24. The van der Waals surface area contributed by atoms with Crippen molar-refractivity contribution in [2.75, 3.05) is 49.1 Å². The van der Waals surface area contributed by atoms with Crippen LogP contribution >= 0.6 is 23.2 Å². The molecule has 104 heavy (non-hydrogen) atoms. The molecule has 4 bridgehead atoms. The summed E-state index contributed by atoms with van der Waals surface area (Å²) in [6, 6.07) is 23.4. The zero-order chi connectivity index (χ0) is 70.4. The van der Waals surface area contributed by atoms with Crippen molar-refractivity contribution in [1.82, 2.24) is 85.7 Å². The zero-order valence-corrected chi connectivity index (χ0v) is 59.9. The van der Waals surface area contributed by atoms with E-state index in [1.165, 1.54) is 51.4 Å². The molecule has 14 heterocycles. The summed E-state index contributed by atoms with van der Waals surface area (Å²) in [5.74, 6) is 9.96. The van der Waals surface area contributed by atoms with Crippen LogP contribution in [0.15, 0.2) is 123 Å². The van der Waals surface area contributed by atoms with Crippen LogP contribution in [0.2, 0.25) is 10.0 Å². The Bertz CT molecular complexity index is 4950. The molecule has 2 saturated heterocycles. The van der Waals surface area contributed by atoms with Crippen molar-refractivity contribution in [3.63, 3.8) is 0 Å². The van der Waals surface area contributed by atoms with Crippen molar-refractivity contribution in [1.29, 1.82) is 0 Å². The van der Waals surface area contributed by atoms with Gasteiger partial charge in [0.25, 0.3) is 0 Å². The summed E-state index contributed by atoms with van der Waals surface area (Å²) in [6.07, 6.45) is 29.3. The van der Waals surface area contributed by atoms with E-state index in [-0.39, 0.29) is 17.9 Å². The number of anilines is 2. The van der Waals surface area contributed by atoms with E-state index >= 15 is 4.39 Å². The number of furan rings is 3. The fraction of sp³-hybridized carbons (Fsp3) is 0.449. The maximum absolute atomic E-state index is 16.3. The first-order valence-electron chi connectivity index (χ1n) is 37.2. The average Bonchev–Trinajstić information content (AvgIpc) is 1.44. The number of carbonyl (C=O) groups is 1. The Hall–Kier alpha value is -9.68. The second kappa shape index (κ2) is 29.5. The molecule has 9 aliphatic rings. The number of likely N-dealkylation sites (tertiary alicyclic amines) is 1. The van der Waals surface area contributed by atoms with Crippen LogP contribution in [-0.4, -0.2) is 132 Å². The summed E-state index contributed by atoms with van der Waals surface area (Å²) < 4.78 is 33.2. The molecule has 4 N–H and O–H groups in total. The molecule has 21 rings (SSSR count). The lowest BCUT2D eigenvalue weighted by atomic mass is 9.58. The number of aromatic nitrogens is 15. The van der Waals surface area contributed by atoms with E-state index in [2.05, 4.69) is 75.7 Å². The first-order chi connectivity index (χ1) is 50.9. The Morgan fingerprint density at radius 3 is 1.63 bits per heavy atom. The standard InChI is InChI=1S/C28H31ClFN7O.C26H28ClN7O2.C24H25N5O/c1-16-17-4-6-18(7-5-17)20(16)14-22-24(30)28(37-10-8-36(9-11-37)23-3-2-12-38-23)33-27(32-22)25-21-13-19(29)15-31-26(21)35-34-25;27-17-13-20-23(32-33-24(20)28-15-17)25-29-19(14-21(31-25)22-7-4-10-36-22)12-16-5-3-6-18(11-16)30-26(35)34-8-1-2-9-34;1-14-15-6-8-16(9-7-15)19(14)12-17-13-20(21-5-3-11-30-21)27-24(26-17)22-18-4-2-10-25-23(18)29-28-22/h2-3,12-13,15-18,20H,4-11,14H2,1H3,(H,31,34,35);4,7,10,13-16,18H,1-3,5-6,8-9,11-12H2,(H,30,35)(H,28,32,33);2-5,10-11,13-16,19H,6-9,12H2,1H3,(H,25,28,29)/t16-,17?,18?,20+;16-,18+;/m01./s1. The molecule has 0 aromatic carbocycles. The van der Waals surface area contributed by atoms with Gasteiger partial charge in [-0.2, -0.15) is 15.3 Å². The number of hydrogen-bond acceptors (Lipinski definition) is 18. The smallest absolute Gasteiger partial charge is 0.317 e. The summed E-state index contributed by atoms with van der Waals surface area (Å²) in [7, 11) is 0. The fourth-order valence-corrected chi connectivity index (χ4v) is 18.5. The van der Waals surface area contributed by atoms with Gasteiger partial charge in [-0.25, -0.2) is 54.0 Å². The van der Waals surface area contributed by atoms with Gasteiger partial charge in [0.05, 0.1) is 45.3 Å².